The number of aromatic nitrogens is 5. The fraction of sp³-hybridized carbons (Fsp3) is 0.0471. The lowest BCUT2D eigenvalue weighted by atomic mass is 9.75. The topological polar surface area (TPSA) is 80.3 Å². The van der Waals surface area contributed by atoms with Crippen LogP contribution in [0.4, 0.5) is 0 Å². The predicted octanol–water partition coefficient (Wildman–Crippen LogP) is 21.8. The van der Waals surface area contributed by atoms with Crippen molar-refractivity contribution < 1.29 is 0 Å². The van der Waals surface area contributed by atoms with Gasteiger partial charge in [0.15, 0.2) is 0 Å². The molecule has 0 aliphatic carbocycles. The van der Waals surface area contributed by atoms with Crippen LogP contribution in [0.2, 0.25) is 0 Å². The minimum Gasteiger partial charge on any atom is -0.309 e. The van der Waals surface area contributed by atoms with Gasteiger partial charge in [-0.15, -0.1) is 0 Å². The molecule has 430 valence electrons. The summed E-state index contributed by atoms with van der Waals surface area (Å²) in [5.41, 5.74) is 26.9. The fourth-order valence-corrected chi connectivity index (χ4v) is 13.2. The summed E-state index contributed by atoms with van der Waals surface area (Å²) in [7, 11) is 0. The van der Waals surface area contributed by atoms with Gasteiger partial charge in [0.1, 0.15) is 6.07 Å². The fourth-order valence-electron chi connectivity index (χ4n) is 13.2. The number of aryl methyl sites for hydroxylation is 4. The lowest BCUT2D eigenvalue weighted by Crippen LogP contribution is -2.05. The Morgan fingerprint density at radius 2 is 0.549 bits per heavy atom. The normalized spacial score (nSPS) is 11.3. The molecular formula is C85H60N6. The maximum absolute atomic E-state index is 12.8. The van der Waals surface area contributed by atoms with Crippen LogP contribution in [0, 0.1) is 39.0 Å². The molecule has 5 heterocycles. The Labute approximate surface area is 530 Å². The second-order valence-corrected chi connectivity index (χ2v) is 23.5. The molecule has 0 bridgehead atoms. The van der Waals surface area contributed by atoms with E-state index in [4.69, 9.17) is 19.9 Å². The number of hydrogen-bond acceptors (Lipinski definition) is 5. The molecule has 10 aromatic carbocycles. The van der Waals surface area contributed by atoms with Crippen molar-refractivity contribution in [1.82, 2.24) is 24.5 Å². The first-order chi connectivity index (χ1) is 44.7. The number of hydrogen-bond donors (Lipinski definition) is 0. The SMILES string of the molecule is Cc1ccc2c(c1)c1cc(C)ccc1n2-c1ccc(-c2c(C#N)c(-c3cc(-c4ccccc4)nc(-c4ccccc4)c3)c(-c3cc(C)nc(C)c3)c(-c3cc(-c4ccccc4)nc(-c4ccccc4)c3)c2-c2cc(-c3ccccc3)nc(-c3ccccc3)c2)cc1. The Balaban J connectivity index is 1.16. The maximum Gasteiger partial charge on any atom is 0.100 e. The van der Waals surface area contributed by atoms with Gasteiger partial charge in [0.25, 0.3) is 0 Å². The Bertz CT molecular complexity index is 5030. The molecule has 0 spiro atoms. The van der Waals surface area contributed by atoms with Crippen molar-refractivity contribution >= 4 is 21.8 Å². The predicted molar refractivity (Wildman–Crippen MR) is 375 cm³/mol. The highest BCUT2D eigenvalue weighted by Gasteiger charge is 2.31. The van der Waals surface area contributed by atoms with Gasteiger partial charge in [-0.1, -0.05) is 217 Å². The van der Waals surface area contributed by atoms with Gasteiger partial charge in [-0.05, 0) is 157 Å². The number of rotatable bonds is 12. The average Bonchev–Trinajstić information content (AvgIpc) is 1.18. The van der Waals surface area contributed by atoms with Crippen molar-refractivity contribution in [3.8, 4) is 135 Å². The molecule has 0 unspecified atom stereocenters. The van der Waals surface area contributed by atoms with Gasteiger partial charge in [0.2, 0.25) is 0 Å². The maximum atomic E-state index is 12.8. The van der Waals surface area contributed by atoms with E-state index in [9.17, 15) is 5.26 Å². The van der Waals surface area contributed by atoms with Crippen LogP contribution >= 0.6 is 0 Å². The van der Waals surface area contributed by atoms with Crippen molar-refractivity contribution in [2.45, 2.75) is 27.7 Å². The van der Waals surface area contributed by atoms with Crippen LogP contribution in [0.25, 0.3) is 151 Å². The monoisotopic (exact) mass is 1160 g/mol. The number of benzene rings is 10. The van der Waals surface area contributed by atoms with Gasteiger partial charge in [-0.25, -0.2) is 15.0 Å². The minimum absolute atomic E-state index is 0.501. The summed E-state index contributed by atoms with van der Waals surface area (Å²) in [6, 6.07) is 105. The molecule has 0 saturated carbocycles. The van der Waals surface area contributed by atoms with Crippen molar-refractivity contribution in [2.75, 3.05) is 0 Å². The number of fused-ring (bicyclic) bond motifs is 3. The van der Waals surface area contributed by atoms with Gasteiger partial charge >= 0.3 is 0 Å². The van der Waals surface area contributed by atoms with Gasteiger partial charge in [-0.3, -0.25) is 4.98 Å². The van der Waals surface area contributed by atoms with Crippen molar-refractivity contribution in [1.29, 1.82) is 5.26 Å². The summed E-state index contributed by atoms with van der Waals surface area (Å²) in [6.45, 7) is 8.42. The Kier molecular flexibility index (Phi) is 14.5. The van der Waals surface area contributed by atoms with E-state index in [1.165, 1.54) is 21.9 Å². The molecule has 15 rings (SSSR count). The highest BCUT2D eigenvalue weighted by atomic mass is 15.0. The summed E-state index contributed by atoms with van der Waals surface area (Å²) < 4.78 is 2.37. The van der Waals surface area contributed by atoms with Crippen LogP contribution in [0.3, 0.4) is 0 Å². The van der Waals surface area contributed by atoms with Gasteiger partial charge in [0, 0.05) is 72.4 Å². The van der Waals surface area contributed by atoms with Gasteiger partial charge in [0.05, 0.1) is 50.8 Å². The lowest BCUT2D eigenvalue weighted by molar-refractivity contribution is 1.12. The van der Waals surface area contributed by atoms with Crippen LogP contribution in [-0.4, -0.2) is 24.5 Å². The molecule has 0 N–H and O–H groups in total. The third-order valence-corrected chi connectivity index (χ3v) is 17.2. The van der Waals surface area contributed by atoms with Crippen LogP contribution in [-0.2, 0) is 0 Å². The molecule has 6 nitrogen and oxygen atoms in total. The van der Waals surface area contributed by atoms with Gasteiger partial charge < -0.3 is 4.57 Å². The van der Waals surface area contributed by atoms with Crippen LogP contribution in [0.1, 0.15) is 28.1 Å². The molecule has 6 heteroatoms. The highest BCUT2D eigenvalue weighted by molar-refractivity contribution is 6.13. The third-order valence-electron chi connectivity index (χ3n) is 17.2. The van der Waals surface area contributed by atoms with Crippen LogP contribution in [0.5, 0.6) is 0 Å². The lowest BCUT2D eigenvalue weighted by Gasteiger charge is -2.27. The first-order valence-corrected chi connectivity index (χ1v) is 30.8. The zero-order valence-corrected chi connectivity index (χ0v) is 50.9. The molecule has 0 radical (unpaired) electrons. The van der Waals surface area contributed by atoms with E-state index in [0.717, 1.165) is 151 Å². The quantitative estimate of drug-likeness (QED) is 0.122. The summed E-state index contributed by atoms with van der Waals surface area (Å²) in [6.07, 6.45) is 0. The molecular weight excluding hydrogens is 1100 g/mol. The summed E-state index contributed by atoms with van der Waals surface area (Å²) in [4.78, 5) is 21.5. The summed E-state index contributed by atoms with van der Waals surface area (Å²) in [5.74, 6) is 0. The van der Waals surface area contributed by atoms with E-state index in [-0.39, 0.29) is 0 Å². The van der Waals surface area contributed by atoms with Crippen molar-refractivity contribution in [2.24, 2.45) is 0 Å². The number of nitrogens with zero attached hydrogens (tertiary/aromatic N) is 6. The third kappa shape index (κ3) is 10.6. The molecule has 91 heavy (non-hydrogen) atoms. The zero-order chi connectivity index (χ0) is 61.5. The molecule has 0 atom stereocenters. The Hall–Kier alpha value is -11.9. The van der Waals surface area contributed by atoms with Crippen molar-refractivity contribution in [3.63, 3.8) is 0 Å². The van der Waals surface area contributed by atoms with E-state index in [1.54, 1.807) is 0 Å². The van der Waals surface area contributed by atoms with Crippen molar-refractivity contribution in [3.05, 3.63) is 319 Å². The zero-order valence-electron chi connectivity index (χ0n) is 50.9. The Morgan fingerprint density at radius 3 is 0.868 bits per heavy atom. The first kappa shape index (κ1) is 55.7. The minimum atomic E-state index is 0.501. The van der Waals surface area contributed by atoms with Crippen LogP contribution in [0.15, 0.2) is 291 Å². The molecule has 15 aromatic rings. The summed E-state index contributed by atoms with van der Waals surface area (Å²) in [5, 5.41) is 15.2. The van der Waals surface area contributed by atoms with E-state index < -0.39 is 0 Å². The first-order valence-electron chi connectivity index (χ1n) is 30.8. The molecule has 0 fully saturated rings. The molecule has 5 aromatic heterocycles. The Morgan fingerprint density at radius 1 is 0.264 bits per heavy atom. The highest BCUT2D eigenvalue weighted by Crippen LogP contribution is 2.55. The standard InChI is InChI=1S/C85H60N6/c1-54-35-41-79-70(43-54)71-44-55(2)36-42-80(71)91(79)69-39-37-64(38-40-69)81-72(53-86)82(66-47-73(58-23-11-5-12-24-58)88-74(48-66)59-25-13-6-14-26-59)83(65-45-56(3)87-57(4)46-65)85(68-51-77(62-31-19-9-20-32-62)90-78(52-68)63-33-21-10-22-34-63)84(81)67-49-75(60-27-15-7-16-28-60)89-76(50-67)61-29-17-8-18-30-61/h5-52H,1-4H3. The smallest absolute Gasteiger partial charge is 0.100 e. The molecule has 0 saturated heterocycles. The second-order valence-electron chi connectivity index (χ2n) is 23.5. The number of nitriles is 1. The molecule has 0 aliphatic rings. The number of pyridine rings is 4. The van der Waals surface area contributed by atoms with E-state index in [2.05, 4.69) is 293 Å². The average molecular weight is 1170 g/mol. The second kappa shape index (κ2) is 23.6. The van der Waals surface area contributed by atoms with Gasteiger partial charge in [-0.2, -0.15) is 5.26 Å². The van der Waals surface area contributed by atoms with E-state index in [1.807, 2.05) is 36.4 Å². The molecule has 0 amide bonds. The largest absolute Gasteiger partial charge is 0.309 e. The van der Waals surface area contributed by atoms with E-state index >= 15 is 0 Å². The van der Waals surface area contributed by atoms with Crippen LogP contribution < -0.4 is 0 Å². The van der Waals surface area contributed by atoms with E-state index in [0.29, 0.717) is 5.56 Å². The summed E-state index contributed by atoms with van der Waals surface area (Å²) >= 11 is 0. The molecule has 0 aliphatic heterocycles.